The Morgan fingerprint density at radius 2 is 1.86 bits per heavy atom. The van der Waals surface area contributed by atoms with Crippen LogP contribution in [0.25, 0.3) is 10.9 Å². The fourth-order valence-corrected chi connectivity index (χ4v) is 3.75. The Kier molecular flexibility index (Phi) is 5.36. The Hall–Kier alpha value is -2.22. The highest BCUT2D eigenvalue weighted by Gasteiger charge is 2.28. The van der Waals surface area contributed by atoms with E-state index in [4.69, 9.17) is 4.74 Å². The number of carbonyl (C=O) groups is 1. The average Bonchev–Trinajstić information content (AvgIpc) is 3.01. The normalized spacial score (nSPS) is 20.9. The van der Waals surface area contributed by atoms with Crippen molar-refractivity contribution in [1.29, 1.82) is 0 Å². The number of amides is 1. The second kappa shape index (κ2) is 7.31. The van der Waals surface area contributed by atoms with Crippen molar-refractivity contribution in [2.24, 2.45) is 0 Å². The molecule has 1 aliphatic rings. The fourth-order valence-electron chi connectivity index (χ4n) is 3.75. The second-order valence-corrected chi connectivity index (χ2v) is 9.05. The van der Waals surface area contributed by atoms with Gasteiger partial charge >= 0.3 is 0 Å². The summed E-state index contributed by atoms with van der Waals surface area (Å²) < 4.78 is 8.74. The first-order chi connectivity index (χ1) is 13.0. The molecule has 3 heterocycles. The van der Waals surface area contributed by atoms with Gasteiger partial charge in [0.25, 0.3) is 5.56 Å². The van der Waals surface area contributed by atoms with Gasteiger partial charge in [-0.05, 0) is 40.5 Å². The van der Waals surface area contributed by atoms with Crippen LogP contribution in [-0.2, 0) is 21.6 Å². The molecule has 1 aliphatic heterocycles. The number of aromatic nitrogens is 4. The van der Waals surface area contributed by atoms with Crippen LogP contribution in [0.2, 0.25) is 0 Å². The molecule has 1 saturated heterocycles. The molecule has 0 saturated carbocycles. The van der Waals surface area contributed by atoms with E-state index >= 15 is 0 Å². The van der Waals surface area contributed by atoms with E-state index < -0.39 is 0 Å². The van der Waals surface area contributed by atoms with Gasteiger partial charge in [0.15, 0.2) is 0 Å². The topological polar surface area (TPSA) is 82.2 Å². The third-order valence-corrected chi connectivity index (χ3v) is 4.95. The van der Waals surface area contributed by atoms with E-state index in [2.05, 4.69) is 10.2 Å². The summed E-state index contributed by atoms with van der Waals surface area (Å²) in [6.07, 6.45) is 1.67. The smallest absolute Gasteiger partial charge is 0.293 e. The minimum atomic E-state index is -0.354. The lowest BCUT2D eigenvalue weighted by atomic mass is 10.1. The van der Waals surface area contributed by atoms with Gasteiger partial charge in [0, 0.05) is 18.5 Å². The number of morpholine rings is 1. The van der Waals surface area contributed by atoms with Crippen LogP contribution in [0.15, 0.2) is 11.0 Å². The summed E-state index contributed by atoms with van der Waals surface area (Å²) in [6.45, 7) is 14.9. The van der Waals surface area contributed by atoms with Crippen LogP contribution in [0.1, 0.15) is 60.1 Å². The third-order valence-electron chi connectivity index (χ3n) is 4.95. The lowest BCUT2D eigenvalue weighted by Crippen LogP contribution is -2.50. The van der Waals surface area contributed by atoms with E-state index in [-0.39, 0.29) is 41.7 Å². The Morgan fingerprint density at radius 1 is 1.25 bits per heavy atom. The van der Waals surface area contributed by atoms with Crippen LogP contribution in [0, 0.1) is 0 Å². The predicted molar refractivity (Wildman–Crippen MR) is 107 cm³/mol. The Bertz CT molecular complexity index is 928. The molecule has 1 amide bonds. The average molecular weight is 390 g/mol. The molecule has 3 rings (SSSR count). The van der Waals surface area contributed by atoms with E-state index in [0.29, 0.717) is 18.6 Å². The van der Waals surface area contributed by atoms with Crippen molar-refractivity contribution in [1.82, 2.24) is 24.5 Å². The highest BCUT2D eigenvalue weighted by Crippen LogP contribution is 2.24. The quantitative estimate of drug-likeness (QED) is 0.803. The van der Waals surface area contributed by atoms with E-state index in [0.717, 1.165) is 11.1 Å². The first-order valence-electron chi connectivity index (χ1n) is 9.91. The zero-order valence-corrected chi connectivity index (χ0v) is 17.9. The van der Waals surface area contributed by atoms with Crippen LogP contribution in [0.3, 0.4) is 0 Å². The predicted octanol–water partition coefficient (Wildman–Crippen LogP) is 2.11. The molecule has 0 bridgehead atoms. The van der Waals surface area contributed by atoms with Gasteiger partial charge in [0.1, 0.15) is 12.1 Å². The highest BCUT2D eigenvalue weighted by atomic mass is 16.5. The first kappa shape index (κ1) is 20.5. The number of nitrogens with zero attached hydrogens (tertiary/aromatic N) is 5. The molecule has 0 unspecified atom stereocenters. The maximum Gasteiger partial charge on any atom is 0.293 e. The SMILES string of the molecule is CC(C)c1nn(CC(=O)N2C[C@@H](C)O[C@@H](C)C2)c(=O)c2c1cnn2C(C)(C)C. The number of hydrogen-bond acceptors (Lipinski definition) is 5. The lowest BCUT2D eigenvalue weighted by molar-refractivity contribution is -0.144. The number of rotatable bonds is 3. The molecule has 8 heteroatoms. The third kappa shape index (κ3) is 3.83. The van der Waals surface area contributed by atoms with Crippen molar-refractivity contribution < 1.29 is 9.53 Å². The highest BCUT2D eigenvalue weighted by molar-refractivity contribution is 5.81. The Balaban J connectivity index is 2.05. The standard InChI is InChI=1S/C20H31N5O3/c1-12(2)17-15-8-21-25(20(5,6)7)18(15)19(27)24(22-17)11-16(26)23-9-13(3)28-14(4)10-23/h8,12-14H,9-11H2,1-7H3/t13-,14+. The summed E-state index contributed by atoms with van der Waals surface area (Å²) in [7, 11) is 0. The van der Waals surface area contributed by atoms with Gasteiger partial charge in [0.05, 0.1) is 29.6 Å². The molecule has 0 aromatic carbocycles. The Morgan fingerprint density at radius 3 is 2.39 bits per heavy atom. The Labute approximate surface area is 165 Å². The maximum atomic E-state index is 13.2. The lowest BCUT2D eigenvalue weighted by Gasteiger charge is -2.35. The van der Waals surface area contributed by atoms with E-state index in [1.807, 2.05) is 48.5 Å². The van der Waals surface area contributed by atoms with Crippen LogP contribution in [0.4, 0.5) is 0 Å². The van der Waals surface area contributed by atoms with Gasteiger partial charge in [-0.2, -0.15) is 10.2 Å². The van der Waals surface area contributed by atoms with Crippen molar-refractivity contribution in [3.8, 4) is 0 Å². The van der Waals surface area contributed by atoms with E-state index in [1.54, 1.807) is 15.8 Å². The molecular formula is C20H31N5O3. The van der Waals surface area contributed by atoms with Crippen LogP contribution in [-0.4, -0.2) is 55.7 Å². The summed E-state index contributed by atoms with van der Waals surface area (Å²) in [5.41, 5.74) is 0.645. The van der Waals surface area contributed by atoms with Crippen molar-refractivity contribution >= 4 is 16.8 Å². The van der Waals surface area contributed by atoms with Gasteiger partial charge in [-0.1, -0.05) is 13.8 Å². The summed E-state index contributed by atoms with van der Waals surface area (Å²) in [5.74, 6) is -0.0158. The minimum absolute atomic E-state index is 0.0200. The van der Waals surface area contributed by atoms with Crippen molar-refractivity contribution in [2.75, 3.05) is 13.1 Å². The molecule has 0 aliphatic carbocycles. The van der Waals surface area contributed by atoms with Gasteiger partial charge in [-0.25, -0.2) is 4.68 Å². The van der Waals surface area contributed by atoms with Gasteiger partial charge in [-0.3, -0.25) is 14.3 Å². The molecular weight excluding hydrogens is 358 g/mol. The zero-order chi connectivity index (χ0) is 20.8. The fraction of sp³-hybridized carbons (Fsp3) is 0.700. The number of ether oxygens (including phenoxy) is 1. The summed E-state index contributed by atoms with van der Waals surface area (Å²) in [5, 5.41) is 9.75. The number of fused-ring (bicyclic) bond motifs is 1. The summed E-state index contributed by atoms with van der Waals surface area (Å²) in [4.78, 5) is 27.9. The van der Waals surface area contributed by atoms with Crippen LogP contribution in [0.5, 0.6) is 0 Å². The maximum absolute atomic E-state index is 13.2. The van der Waals surface area contributed by atoms with Crippen molar-refractivity contribution in [2.45, 2.75) is 78.7 Å². The molecule has 154 valence electrons. The number of carbonyl (C=O) groups excluding carboxylic acids is 1. The van der Waals surface area contributed by atoms with Crippen molar-refractivity contribution in [3.05, 3.63) is 22.2 Å². The monoisotopic (exact) mass is 389 g/mol. The largest absolute Gasteiger partial charge is 0.372 e. The second-order valence-electron chi connectivity index (χ2n) is 9.05. The van der Waals surface area contributed by atoms with E-state index in [1.165, 1.54) is 4.68 Å². The summed E-state index contributed by atoms with van der Waals surface area (Å²) >= 11 is 0. The zero-order valence-electron chi connectivity index (χ0n) is 17.9. The number of hydrogen-bond donors (Lipinski definition) is 0. The molecule has 0 N–H and O–H groups in total. The minimum Gasteiger partial charge on any atom is -0.372 e. The molecule has 0 spiro atoms. The molecule has 2 atom stereocenters. The van der Waals surface area contributed by atoms with Crippen LogP contribution < -0.4 is 5.56 Å². The first-order valence-corrected chi connectivity index (χ1v) is 9.91. The molecule has 8 nitrogen and oxygen atoms in total. The van der Waals surface area contributed by atoms with Gasteiger partial charge in [0.2, 0.25) is 5.91 Å². The van der Waals surface area contributed by atoms with Gasteiger partial charge < -0.3 is 9.64 Å². The molecule has 2 aromatic heterocycles. The van der Waals surface area contributed by atoms with Crippen LogP contribution >= 0.6 is 0 Å². The van der Waals surface area contributed by atoms with Gasteiger partial charge in [-0.15, -0.1) is 0 Å². The van der Waals surface area contributed by atoms with E-state index in [9.17, 15) is 9.59 Å². The molecule has 2 aromatic rings. The summed E-state index contributed by atoms with van der Waals surface area (Å²) in [6, 6.07) is 0. The molecule has 1 fully saturated rings. The molecule has 0 radical (unpaired) electrons. The molecule has 28 heavy (non-hydrogen) atoms. The van der Waals surface area contributed by atoms with Crippen molar-refractivity contribution in [3.63, 3.8) is 0 Å².